The molecule has 31 heavy (non-hydrogen) atoms. The third-order valence-corrected chi connectivity index (χ3v) is 6.20. The van der Waals surface area contributed by atoms with E-state index in [-0.39, 0.29) is 11.2 Å². The Labute approximate surface area is 185 Å². The van der Waals surface area contributed by atoms with Gasteiger partial charge in [-0.1, -0.05) is 23.7 Å². The Hall–Kier alpha value is -2.77. The topological polar surface area (TPSA) is 70.6 Å². The minimum atomic E-state index is -0.383. The summed E-state index contributed by atoms with van der Waals surface area (Å²) in [6.07, 6.45) is 1.84. The molecule has 1 N–H and O–H groups in total. The molecular formula is C23H27ClN4O3. The molecule has 2 heterocycles. The first-order chi connectivity index (χ1) is 15.1. The number of rotatable bonds is 7. The van der Waals surface area contributed by atoms with E-state index in [9.17, 15) is 9.59 Å². The number of nitrogens with zero attached hydrogens (tertiary/aromatic N) is 3. The summed E-state index contributed by atoms with van der Waals surface area (Å²) in [6, 6.07) is 13.2. The number of unbranched alkanes of at least 4 members (excludes halogenated alkanes) is 1. The maximum Gasteiger partial charge on any atom is 0.328 e. The van der Waals surface area contributed by atoms with Gasteiger partial charge in [-0.3, -0.25) is 19.2 Å². The number of halogens is 1. The van der Waals surface area contributed by atoms with Gasteiger partial charge < -0.3 is 9.64 Å². The van der Waals surface area contributed by atoms with Gasteiger partial charge in [0.15, 0.2) is 0 Å². The Kier molecular flexibility index (Phi) is 6.63. The highest BCUT2D eigenvalue weighted by Gasteiger charge is 2.18. The zero-order valence-corrected chi connectivity index (χ0v) is 18.4. The van der Waals surface area contributed by atoms with Crippen LogP contribution in [0.15, 0.2) is 52.1 Å². The van der Waals surface area contributed by atoms with Crippen LogP contribution in [0.4, 0.5) is 5.69 Å². The molecule has 2 aromatic carbocycles. The van der Waals surface area contributed by atoms with Gasteiger partial charge in [-0.05, 0) is 49.7 Å². The number of aryl methyl sites for hydroxylation is 1. The second-order valence-electron chi connectivity index (χ2n) is 7.78. The van der Waals surface area contributed by atoms with Gasteiger partial charge in [0.1, 0.15) is 5.75 Å². The van der Waals surface area contributed by atoms with Crippen LogP contribution in [0, 0.1) is 0 Å². The van der Waals surface area contributed by atoms with Crippen LogP contribution in [0.25, 0.3) is 10.9 Å². The Morgan fingerprint density at radius 3 is 2.48 bits per heavy atom. The number of piperazine rings is 1. The lowest BCUT2D eigenvalue weighted by molar-refractivity contribution is 0.251. The minimum absolute atomic E-state index is 0.365. The first-order valence-electron chi connectivity index (χ1n) is 10.6. The Balaban J connectivity index is 1.32. The third-order valence-electron chi connectivity index (χ3n) is 5.88. The molecule has 164 valence electrons. The number of methoxy groups -OCH3 is 1. The van der Waals surface area contributed by atoms with E-state index < -0.39 is 0 Å². The molecule has 0 spiro atoms. The zero-order valence-electron chi connectivity index (χ0n) is 17.6. The number of benzene rings is 2. The quantitative estimate of drug-likeness (QED) is 0.570. The molecule has 0 radical (unpaired) electrons. The van der Waals surface area contributed by atoms with Crippen LogP contribution >= 0.6 is 11.6 Å². The van der Waals surface area contributed by atoms with Crippen molar-refractivity contribution in [2.75, 3.05) is 44.7 Å². The van der Waals surface area contributed by atoms with Crippen molar-refractivity contribution in [1.29, 1.82) is 0 Å². The predicted octanol–water partition coefficient (Wildman–Crippen LogP) is 2.95. The highest BCUT2D eigenvalue weighted by Crippen LogP contribution is 2.26. The fraction of sp³-hybridized carbons (Fsp3) is 0.391. The summed E-state index contributed by atoms with van der Waals surface area (Å²) in [6.45, 7) is 5.45. The minimum Gasteiger partial charge on any atom is -0.497 e. The number of para-hydroxylation sites is 1. The Morgan fingerprint density at radius 1 is 1.00 bits per heavy atom. The molecule has 1 saturated heterocycles. The van der Waals surface area contributed by atoms with Crippen LogP contribution in [0.5, 0.6) is 5.75 Å². The zero-order chi connectivity index (χ0) is 21.8. The van der Waals surface area contributed by atoms with Gasteiger partial charge in [-0.15, -0.1) is 0 Å². The molecule has 1 aliphatic rings. The fourth-order valence-electron chi connectivity index (χ4n) is 4.15. The monoisotopic (exact) mass is 442 g/mol. The van der Waals surface area contributed by atoms with Gasteiger partial charge in [0, 0.05) is 32.7 Å². The number of anilines is 1. The maximum atomic E-state index is 12.4. The predicted molar refractivity (Wildman–Crippen MR) is 125 cm³/mol. The van der Waals surface area contributed by atoms with Crippen molar-refractivity contribution >= 4 is 28.2 Å². The van der Waals surface area contributed by atoms with Crippen LogP contribution in [-0.4, -0.2) is 54.3 Å². The van der Waals surface area contributed by atoms with Crippen LogP contribution in [0.2, 0.25) is 5.02 Å². The molecule has 8 heteroatoms. The number of ether oxygens (including phenoxy) is 1. The van der Waals surface area contributed by atoms with E-state index in [1.807, 2.05) is 18.2 Å². The van der Waals surface area contributed by atoms with E-state index in [1.165, 1.54) is 0 Å². The molecule has 0 saturated carbocycles. The van der Waals surface area contributed by atoms with Gasteiger partial charge in [-0.25, -0.2) is 4.79 Å². The Bertz CT molecular complexity index is 1170. The molecule has 0 aliphatic carbocycles. The number of H-pyrrole nitrogens is 1. The summed E-state index contributed by atoms with van der Waals surface area (Å²) in [5, 5.41) is 1.27. The van der Waals surface area contributed by atoms with Crippen LogP contribution in [-0.2, 0) is 6.54 Å². The third kappa shape index (κ3) is 4.78. The molecule has 1 aliphatic heterocycles. The molecule has 1 aromatic heterocycles. The smallest absolute Gasteiger partial charge is 0.328 e. The van der Waals surface area contributed by atoms with Crippen molar-refractivity contribution in [3.8, 4) is 5.75 Å². The average Bonchev–Trinajstić information content (AvgIpc) is 2.79. The summed E-state index contributed by atoms with van der Waals surface area (Å²) in [4.78, 5) is 31.7. The van der Waals surface area contributed by atoms with E-state index in [0.717, 1.165) is 56.3 Å². The molecule has 7 nitrogen and oxygen atoms in total. The highest BCUT2D eigenvalue weighted by molar-refractivity contribution is 6.33. The molecular weight excluding hydrogens is 416 g/mol. The van der Waals surface area contributed by atoms with Gasteiger partial charge in [-0.2, -0.15) is 0 Å². The normalized spacial score (nSPS) is 14.8. The molecule has 4 rings (SSSR count). The molecule has 1 fully saturated rings. The van der Waals surface area contributed by atoms with Crippen molar-refractivity contribution in [3.05, 3.63) is 68.3 Å². The van der Waals surface area contributed by atoms with Crippen LogP contribution in [0.3, 0.4) is 0 Å². The summed E-state index contributed by atoms with van der Waals surface area (Å²) in [5.74, 6) is 0.596. The first kappa shape index (κ1) is 21.5. The van der Waals surface area contributed by atoms with Gasteiger partial charge in [0.05, 0.1) is 28.7 Å². The first-order valence-corrected chi connectivity index (χ1v) is 11.0. The number of fused-ring (bicyclic) bond motifs is 1. The van der Waals surface area contributed by atoms with E-state index in [1.54, 1.807) is 29.9 Å². The van der Waals surface area contributed by atoms with Crippen molar-refractivity contribution in [1.82, 2.24) is 14.5 Å². The molecule has 0 amide bonds. The number of hydrogen-bond donors (Lipinski definition) is 1. The lowest BCUT2D eigenvalue weighted by atomic mass is 10.2. The van der Waals surface area contributed by atoms with Crippen LogP contribution < -0.4 is 20.9 Å². The summed E-state index contributed by atoms with van der Waals surface area (Å²) >= 11 is 6.32. The van der Waals surface area contributed by atoms with Gasteiger partial charge >= 0.3 is 5.69 Å². The lowest BCUT2D eigenvalue weighted by Gasteiger charge is -2.36. The van der Waals surface area contributed by atoms with Crippen molar-refractivity contribution in [3.63, 3.8) is 0 Å². The van der Waals surface area contributed by atoms with Gasteiger partial charge in [0.25, 0.3) is 5.56 Å². The second-order valence-corrected chi connectivity index (χ2v) is 8.19. The molecule has 0 bridgehead atoms. The summed E-state index contributed by atoms with van der Waals surface area (Å²) in [7, 11) is 1.56. The fourth-order valence-corrected chi connectivity index (χ4v) is 4.40. The van der Waals surface area contributed by atoms with E-state index >= 15 is 0 Å². The second kappa shape index (κ2) is 9.58. The highest BCUT2D eigenvalue weighted by atomic mass is 35.5. The molecule has 3 aromatic rings. The maximum absolute atomic E-state index is 12.4. The number of hydrogen-bond acceptors (Lipinski definition) is 5. The van der Waals surface area contributed by atoms with Gasteiger partial charge in [0.2, 0.25) is 0 Å². The SMILES string of the molecule is COc1ccc2c(c1)c(=O)[nH]c(=O)n2CCCCN1CCN(c2ccccc2Cl)CC1. The standard InChI is InChI=1S/C23H27ClN4O3/c1-31-17-8-9-20-18(16-17)22(29)25-23(30)28(20)11-5-4-10-26-12-14-27(15-13-26)21-7-3-2-6-19(21)24/h2-3,6-9,16H,4-5,10-15H2,1H3,(H,25,29,30). The lowest BCUT2D eigenvalue weighted by Crippen LogP contribution is -2.46. The van der Waals surface area contributed by atoms with E-state index in [0.29, 0.717) is 23.2 Å². The number of aromatic amines is 1. The summed E-state index contributed by atoms with van der Waals surface area (Å²) < 4.78 is 6.84. The Morgan fingerprint density at radius 2 is 1.74 bits per heavy atom. The van der Waals surface area contributed by atoms with E-state index in [2.05, 4.69) is 20.9 Å². The van der Waals surface area contributed by atoms with E-state index in [4.69, 9.17) is 16.3 Å². The van der Waals surface area contributed by atoms with Crippen molar-refractivity contribution in [2.24, 2.45) is 0 Å². The number of aromatic nitrogens is 2. The number of nitrogens with one attached hydrogen (secondary N) is 1. The van der Waals surface area contributed by atoms with Crippen molar-refractivity contribution in [2.45, 2.75) is 19.4 Å². The van der Waals surface area contributed by atoms with Crippen molar-refractivity contribution < 1.29 is 4.74 Å². The van der Waals surface area contributed by atoms with Crippen LogP contribution in [0.1, 0.15) is 12.8 Å². The summed E-state index contributed by atoms with van der Waals surface area (Å²) in [5.41, 5.74) is 0.996. The molecule has 0 unspecified atom stereocenters. The largest absolute Gasteiger partial charge is 0.497 e. The average molecular weight is 443 g/mol. The molecule has 0 atom stereocenters.